The molecule has 2 saturated carbocycles. The van der Waals surface area contributed by atoms with Gasteiger partial charge in [0.05, 0.1) is 18.5 Å². The summed E-state index contributed by atoms with van der Waals surface area (Å²) in [5, 5.41) is 2.46. The number of halogens is 2. The van der Waals surface area contributed by atoms with Gasteiger partial charge in [-0.25, -0.2) is 4.98 Å². The summed E-state index contributed by atoms with van der Waals surface area (Å²) in [4.78, 5) is 21.0. The number of quaternary nitrogens is 1. The number of nitrogens with two attached hydrogens (primary N) is 1. The third-order valence-corrected chi connectivity index (χ3v) is 10.9. The lowest BCUT2D eigenvalue weighted by atomic mass is 9.64. The Morgan fingerprint density at radius 3 is 2.46 bits per heavy atom. The summed E-state index contributed by atoms with van der Waals surface area (Å²) in [6.45, 7) is 2.96. The molecule has 1 amide bonds. The summed E-state index contributed by atoms with van der Waals surface area (Å²) >= 11 is 0. The van der Waals surface area contributed by atoms with Gasteiger partial charge in [-0.15, -0.1) is 0 Å². The molecule has 0 radical (unpaired) electrons. The molecule has 4 nitrogen and oxygen atoms in total. The number of likely N-dealkylation sites (tertiary alicyclic amines) is 1. The molecule has 39 heavy (non-hydrogen) atoms. The van der Waals surface area contributed by atoms with E-state index in [0.717, 1.165) is 51.2 Å². The molecule has 5 aliphatic rings. The second-order valence-electron chi connectivity index (χ2n) is 13.0. The number of aromatic amines is 1. The summed E-state index contributed by atoms with van der Waals surface area (Å²) in [5.41, 5.74) is 5.83. The number of amides is 1. The first kappa shape index (κ1) is 28.9. The molecule has 1 aromatic carbocycles. The molecule has 3 heterocycles. The van der Waals surface area contributed by atoms with E-state index in [4.69, 9.17) is 0 Å². The Morgan fingerprint density at radius 1 is 0.897 bits per heavy atom. The molecule has 4 atom stereocenters. The maximum Gasteiger partial charge on any atom is 0.232 e. The van der Waals surface area contributed by atoms with Crippen LogP contribution in [0.2, 0.25) is 0 Å². The summed E-state index contributed by atoms with van der Waals surface area (Å²) < 4.78 is 0. The number of fused-ring (bicyclic) bond motifs is 2. The second-order valence-corrected chi connectivity index (χ2v) is 13.0. The summed E-state index contributed by atoms with van der Waals surface area (Å²) in [5.74, 6) is 2.62. The van der Waals surface area contributed by atoms with Crippen LogP contribution in [0.3, 0.4) is 0 Å². The fourth-order valence-electron chi connectivity index (χ4n) is 8.82. The topological polar surface area (TPSA) is 51.1 Å². The lowest BCUT2D eigenvalue weighted by Gasteiger charge is -2.47. The number of nitrogens with zero attached hydrogens (tertiary/aromatic N) is 1. The van der Waals surface area contributed by atoms with Gasteiger partial charge in [0.25, 0.3) is 0 Å². The summed E-state index contributed by atoms with van der Waals surface area (Å²) in [6.07, 6.45) is 15.1. The molecule has 7 rings (SSSR count). The van der Waals surface area contributed by atoms with Gasteiger partial charge in [0.15, 0.2) is 11.4 Å². The molecular weight excluding hydrogens is 525 g/mol. The Hall–Kier alpha value is -1.62. The second kappa shape index (κ2) is 12.1. The van der Waals surface area contributed by atoms with Crippen molar-refractivity contribution < 1.29 is 39.9 Å². The van der Waals surface area contributed by atoms with Crippen molar-refractivity contribution in [3.8, 4) is 0 Å². The first-order chi connectivity index (χ1) is 18.2. The monoisotopic (exact) mass is 569 g/mol. The summed E-state index contributed by atoms with van der Waals surface area (Å²) in [6, 6.07) is 16.3. The van der Waals surface area contributed by atoms with Crippen molar-refractivity contribution in [1.82, 2.24) is 4.90 Å². The molecule has 1 aromatic heterocycles. The van der Waals surface area contributed by atoms with Gasteiger partial charge in [-0.1, -0.05) is 49.6 Å². The minimum Gasteiger partial charge on any atom is -1.00 e. The fraction of sp³-hybridized carbons (Fsp3) is 0.636. The predicted molar refractivity (Wildman–Crippen MR) is 145 cm³/mol. The van der Waals surface area contributed by atoms with Crippen molar-refractivity contribution in [3.63, 3.8) is 0 Å². The molecule has 3 aliphatic carbocycles. The molecule has 1 spiro atoms. The quantitative estimate of drug-likeness (QED) is 0.479. The van der Waals surface area contributed by atoms with Crippen molar-refractivity contribution >= 4 is 5.91 Å². The molecule has 212 valence electrons. The SMILES string of the molecule is O=C([C@@H]1C[NH2+]C[C@]12CCCc1[nH+]c(C3CC3)ccc12)N1CCC(c2ccccc2)CC1C1CCCCC1.[Cl-].[Cl-]. The normalized spacial score (nSPS) is 30.8. The van der Waals surface area contributed by atoms with Gasteiger partial charge in [0.2, 0.25) is 5.91 Å². The molecule has 2 saturated heterocycles. The third-order valence-electron chi connectivity index (χ3n) is 10.9. The highest BCUT2D eigenvalue weighted by atomic mass is 35.5. The van der Waals surface area contributed by atoms with E-state index in [9.17, 15) is 4.79 Å². The first-order valence-electron chi connectivity index (χ1n) is 15.5. The van der Waals surface area contributed by atoms with Crippen LogP contribution in [-0.2, 0) is 16.6 Å². The number of H-pyrrole nitrogens is 1. The maximum absolute atomic E-state index is 14.7. The Labute approximate surface area is 246 Å². The van der Waals surface area contributed by atoms with Crippen molar-refractivity contribution in [1.29, 1.82) is 0 Å². The van der Waals surface area contributed by atoms with E-state index in [2.05, 4.69) is 57.7 Å². The van der Waals surface area contributed by atoms with Crippen LogP contribution in [0.25, 0.3) is 0 Å². The van der Waals surface area contributed by atoms with Gasteiger partial charge in [0.1, 0.15) is 5.92 Å². The van der Waals surface area contributed by atoms with E-state index in [1.165, 1.54) is 73.9 Å². The third kappa shape index (κ3) is 5.38. The Bertz CT molecular complexity index is 1130. The highest BCUT2D eigenvalue weighted by Crippen LogP contribution is 2.46. The molecule has 2 unspecified atom stereocenters. The average Bonchev–Trinajstić information content (AvgIpc) is 3.74. The number of piperidine rings is 1. The average molecular weight is 571 g/mol. The van der Waals surface area contributed by atoms with Crippen LogP contribution in [0.1, 0.15) is 105 Å². The van der Waals surface area contributed by atoms with Crippen LogP contribution >= 0.6 is 0 Å². The zero-order valence-electron chi connectivity index (χ0n) is 23.2. The number of benzene rings is 1. The summed E-state index contributed by atoms with van der Waals surface area (Å²) in [7, 11) is 0. The van der Waals surface area contributed by atoms with Crippen LogP contribution in [0.4, 0.5) is 0 Å². The number of hydrogen-bond donors (Lipinski definition) is 1. The van der Waals surface area contributed by atoms with Crippen LogP contribution in [0, 0.1) is 11.8 Å². The van der Waals surface area contributed by atoms with E-state index in [1.807, 2.05) is 0 Å². The zero-order valence-corrected chi connectivity index (χ0v) is 24.7. The maximum atomic E-state index is 14.7. The largest absolute Gasteiger partial charge is 1.00 e. The van der Waals surface area contributed by atoms with Crippen molar-refractivity contribution in [2.45, 2.75) is 100 Å². The predicted octanol–water partition coefficient (Wildman–Crippen LogP) is -1.49. The van der Waals surface area contributed by atoms with Gasteiger partial charge in [-0.05, 0) is 74.8 Å². The Kier molecular flexibility index (Phi) is 8.95. The zero-order chi connectivity index (χ0) is 24.8. The number of rotatable bonds is 4. The molecule has 4 fully saturated rings. The van der Waals surface area contributed by atoms with Crippen molar-refractivity contribution in [2.24, 2.45) is 11.8 Å². The number of carbonyl (C=O) groups is 1. The first-order valence-corrected chi connectivity index (χ1v) is 15.5. The minimum absolute atomic E-state index is 0. The van der Waals surface area contributed by atoms with Crippen molar-refractivity contribution in [2.75, 3.05) is 19.6 Å². The highest BCUT2D eigenvalue weighted by Gasteiger charge is 2.56. The standard InChI is InChI=1S/C33H43N3O.2ClH/c37-32(28-21-34-22-33(28)18-7-12-30-27(33)15-16-29(35-30)24-13-14-24)36-19-17-26(23-8-3-1-4-9-23)20-31(36)25-10-5-2-6-11-25;;/h1,3-4,8-9,15-16,24-26,28,31,34H,2,5-7,10-14,17-22H2;2*1H/t26?,28-,31?,33-;;/m0../s1. The van der Waals surface area contributed by atoms with E-state index in [0.29, 0.717) is 23.8 Å². The molecule has 2 aromatic rings. The molecule has 6 heteroatoms. The van der Waals surface area contributed by atoms with Crippen LogP contribution < -0.4 is 35.1 Å². The molecule has 2 aliphatic heterocycles. The van der Waals surface area contributed by atoms with Gasteiger partial charge >= 0.3 is 0 Å². The molecule has 3 N–H and O–H groups in total. The lowest BCUT2D eigenvalue weighted by molar-refractivity contribution is -0.640. The van der Waals surface area contributed by atoms with Gasteiger partial charge < -0.3 is 35.0 Å². The van der Waals surface area contributed by atoms with Crippen LogP contribution in [0.5, 0.6) is 0 Å². The number of hydrogen-bond acceptors (Lipinski definition) is 1. The number of pyridine rings is 1. The van der Waals surface area contributed by atoms with Crippen LogP contribution in [-0.4, -0.2) is 36.5 Å². The van der Waals surface area contributed by atoms with Gasteiger partial charge in [-0.3, -0.25) is 4.79 Å². The van der Waals surface area contributed by atoms with Crippen LogP contribution in [0.15, 0.2) is 42.5 Å². The van der Waals surface area contributed by atoms with Gasteiger partial charge in [0, 0.05) is 36.6 Å². The Balaban J connectivity index is 0.00000154. The van der Waals surface area contributed by atoms with E-state index >= 15 is 0 Å². The number of aromatic nitrogens is 1. The Morgan fingerprint density at radius 2 is 1.69 bits per heavy atom. The smallest absolute Gasteiger partial charge is 0.232 e. The molecular formula is C33H45Cl2N3O. The van der Waals surface area contributed by atoms with E-state index < -0.39 is 0 Å². The highest BCUT2D eigenvalue weighted by molar-refractivity contribution is 5.82. The van der Waals surface area contributed by atoms with Gasteiger partial charge in [-0.2, -0.15) is 0 Å². The van der Waals surface area contributed by atoms with Crippen molar-refractivity contribution in [3.05, 3.63) is 65.0 Å². The fourth-order valence-corrected chi connectivity index (χ4v) is 8.82. The van der Waals surface area contributed by atoms with E-state index in [1.54, 1.807) is 0 Å². The minimum atomic E-state index is 0. The lowest BCUT2D eigenvalue weighted by Crippen LogP contribution is -3.00. The van der Waals surface area contributed by atoms with E-state index in [-0.39, 0.29) is 36.1 Å². The molecule has 0 bridgehead atoms. The number of aryl methyl sites for hydroxylation is 1. The number of carbonyl (C=O) groups excluding carboxylic acids is 1. The number of nitrogens with one attached hydrogen (secondary N) is 1.